The predicted molar refractivity (Wildman–Crippen MR) is 172 cm³/mol. The van der Waals surface area contributed by atoms with Crippen molar-refractivity contribution in [3.8, 4) is 0 Å². The molecule has 0 rings (SSSR count). The Kier molecular flexibility index (Phi) is 26.5. The molecule has 0 bridgehead atoms. The molecule has 13 heteroatoms. The number of nitrogens with zero attached hydrogens (tertiary/aromatic N) is 2. The van der Waals surface area contributed by atoms with Gasteiger partial charge in [-0.05, 0) is 58.8 Å². The molecule has 13 nitrogen and oxygen atoms in total. The Morgan fingerprint density at radius 3 is 1.48 bits per heavy atom. The minimum atomic E-state index is -0.606. The molecule has 0 aromatic rings. The fraction of sp³-hybridized carbons (Fsp3) is 0.636. The number of ether oxygens (including phenoxy) is 5. The van der Waals surface area contributed by atoms with Crippen molar-refractivity contribution in [3.63, 3.8) is 0 Å². The largest absolute Gasteiger partial charge is 0.462 e. The van der Waals surface area contributed by atoms with E-state index in [2.05, 4.69) is 0 Å². The monoisotopic (exact) mass is 654 g/mol. The molecule has 2 N–H and O–H groups in total. The summed E-state index contributed by atoms with van der Waals surface area (Å²) < 4.78 is 25.7. The Labute approximate surface area is 273 Å². The SMILES string of the molecule is CCC(C)OC(=O)/C=C/N(/C=C/C(=O)OCCC(C)OC(=O)/C=C/N(/C=C/C(=O)OCCOC)CCCCCO)CCCCCO. The van der Waals surface area contributed by atoms with Crippen molar-refractivity contribution in [2.24, 2.45) is 0 Å². The highest BCUT2D eigenvalue weighted by Crippen LogP contribution is 2.05. The summed E-state index contributed by atoms with van der Waals surface area (Å²) in [5.74, 6) is -2.23. The van der Waals surface area contributed by atoms with Gasteiger partial charge < -0.3 is 43.7 Å². The molecule has 0 spiro atoms. The van der Waals surface area contributed by atoms with E-state index in [1.807, 2.05) is 6.92 Å². The zero-order chi connectivity index (χ0) is 34.4. The first-order valence-corrected chi connectivity index (χ1v) is 15.8. The number of unbranched alkanes of at least 4 members (excludes halogenated alkanes) is 4. The molecular weight excluding hydrogens is 600 g/mol. The molecule has 0 heterocycles. The summed E-state index contributed by atoms with van der Waals surface area (Å²) in [6.45, 7) is 7.02. The van der Waals surface area contributed by atoms with Crippen molar-refractivity contribution in [3.05, 3.63) is 49.1 Å². The number of hydrogen-bond donors (Lipinski definition) is 2. The lowest BCUT2D eigenvalue weighted by Crippen LogP contribution is -2.18. The second-order valence-corrected chi connectivity index (χ2v) is 10.3. The fourth-order valence-electron chi connectivity index (χ4n) is 3.45. The van der Waals surface area contributed by atoms with Crippen LogP contribution in [0.1, 0.15) is 72.1 Å². The average Bonchev–Trinajstić information content (AvgIpc) is 3.03. The van der Waals surface area contributed by atoms with Crippen molar-refractivity contribution in [1.29, 1.82) is 0 Å². The van der Waals surface area contributed by atoms with Gasteiger partial charge in [0.1, 0.15) is 12.7 Å². The van der Waals surface area contributed by atoms with Crippen LogP contribution in [0.3, 0.4) is 0 Å². The molecular formula is C33H54N2O11. The number of hydrogen-bond acceptors (Lipinski definition) is 13. The van der Waals surface area contributed by atoms with Gasteiger partial charge in [-0.2, -0.15) is 0 Å². The highest BCUT2D eigenvalue weighted by Gasteiger charge is 2.10. The minimum absolute atomic E-state index is 0.0137. The molecule has 0 saturated heterocycles. The van der Waals surface area contributed by atoms with Crippen molar-refractivity contribution in [1.82, 2.24) is 9.80 Å². The number of aliphatic hydroxyl groups excluding tert-OH is 2. The molecule has 2 unspecified atom stereocenters. The number of methoxy groups -OCH3 is 1. The van der Waals surface area contributed by atoms with Crippen LogP contribution in [0.4, 0.5) is 0 Å². The lowest BCUT2D eigenvalue weighted by Gasteiger charge is -2.16. The summed E-state index contributed by atoms with van der Waals surface area (Å²) in [6, 6.07) is 0. The van der Waals surface area contributed by atoms with E-state index >= 15 is 0 Å². The number of aliphatic hydroxyl groups is 2. The van der Waals surface area contributed by atoms with E-state index in [4.69, 9.17) is 33.9 Å². The first-order valence-electron chi connectivity index (χ1n) is 15.8. The van der Waals surface area contributed by atoms with Crippen LogP contribution in [0.15, 0.2) is 49.1 Å². The maximum absolute atomic E-state index is 12.4. The summed E-state index contributed by atoms with van der Waals surface area (Å²) in [4.78, 5) is 51.8. The number of carbonyl (C=O) groups is 4. The van der Waals surface area contributed by atoms with Gasteiger partial charge in [-0.25, -0.2) is 19.2 Å². The summed E-state index contributed by atoms with van der Waals surface area (Å²) in [7, 11) is 1.50. The van der Waals surface area contributed by atoms with E-state index in [0.717, 1.165) is 25.7 Å². The van der Waals surface area contributed by atoms with Crippen LogP contribution in [0, 0.1) is 0 Å². The van der Waals surface area contributed by atoms with Crippen LogP contribution in [-0.2, 0) is 42.9 Å². The molecule has 262 valence electrons. The van der Waals surface area contributed by atoms with Gasteiger partial charge in [0.2, 0.25) is 0 Å². The first-order chi connectivity index (χ1) is 22.1. The Hall–Kier alpha value is -3.68. The molecule has 2 atom stereocenters. The quantitative estimate of drug-likeness (QED) is 0.0575. The van der Waals surface area contributed by atoms with Gasteiger partial charge in [0.25, 0.3) is 0 Å². The fourth-order valence-corrected chi connectivity index (χ4v) is 3.45. The van der Waals surface area contributed by atoms with Crippen molar-refractivity contribution in [2.45, 2.75) is 84.3 Å². The Morgan fingerprint density at radius 2 is 1.04 bits per heavy atom. The van der Waals surface area contributed by atoms with Crippen LogP contribution in [-0.4, -0.2) is 109 Å². The van der Waals surface area contributed by atoms with E-state index in [0.29, 0.717) is 32.4 Å². The summed E-state index contributed by atoms with van der Waals surface area (Å²) in [6.07, 6.45) is 15.6. The number of esters is 4. The van der Waals surface area contributed by atoms with Gasteiger partial charge in [-0.3, -0.25) is 0 Å². The lowest BCUT2D eigenvalue weighted by molar-refractivity contribution is -0.145. The molecule has 0 aliphatic rings. The second kappa shape index (κ2) is 28.8. The van der Waals surface area contributed by atoms with Gasteiger partial charge in [0, 0.05) is 88.9 Å². The minimum Gasteiger partial charge on any atom is -0.462 e. The first kappa shape index (κ1) is 42.3. The van der Waals surface area contributed by atoms with Crippen LogP contribution < -0.4 is 0 Å². The molecule has 0 aromatic heterocycles. The van der Waals surface area contributed by atoms with E-state index in [-0.39, 0.29) is 45.6 Å². The topological polar surface area (TPSA) is 161 Å². The summed E-state index contributed by atoms with van der Waals surface area (Å²) in [5, 5.41) is 18.0. The highest BCUT2D eigenvalue weighted by molar-refractivity contribution is 5.83. The van der Waals surface area contributed by atoms with Gasteiger partial charge in [0.05, 0.1) is 19.3 Å². The van der Waals surface area contributed by atoms with E-state index in [9.17, 15) is 19.2 Å². The van der Waals surface area contributed by atoms with E-state index in [1.54, 1.807) is 23.6 Å². The highest BCUT2D eigenvalue weighted by atomic mass is 16.6. The molecule has 0 aliphatic carbocycles. The molecule has 0 fully saturated rings. The van der Waals surface area contributed by atoms with Gasteiger partial charge in [0.15, 0.2) is 0 Å². The molecule has 0 radical (unpaired) electrons. The van der Waals surface area contributed by atoms with Gasteiger partial charge >= 0.3 is 23.9 Å². The predicted octanol–water partition coefficient (Wildman–Crippen LogP) is 3.37. The second-order valence-electron chi connectivity index (χ2n) is 10.3. The standard InChI is InChI=1S/C33H54N2O11/c1-5-28(2)45-32(40)14-21-34(17-8-6-10-23-36)19-12-30(38)43-25-16-29(3)46-33(41)15-22-35(18-9-7-11-24-37)20-13-31(39)44-27-26-42-4/h12-15,19-22,28-29,36-37H,5-11,16-18,23-27H2,1-4H3/b19-12+,20-13+,21-14+,22-15+. The van der Waals surface area contributed by atoms with Crippen molar-refractivity contribution in [2.75, 3.05) is 53.2 Å². The summed E-state index contributed by atoms with van der Waals surface area (Å²) in [5.41, 5.74) is 0. The maximum Gasteiger partial charge on any atom is 0.332 e. The molecule has 46 heavy (non-hydrogen) atoms. The molecule has 0 aliphatic heterocycles. The van der Waals surface area contributed by atoms with E-state index in [1.165, 1.54) is 56.2 Å². The smallest absolute Gasteiger partial charge is 0.332 e. The van der Waals surface area contributed by atoms with Gasteiger partial charge in [-0.1, -0.05) is 6.92 Å². The van der Waals surface area contributed by atoms with E-state index < -0.39 is 30.0 Å². The summed E-state index contributed by atoms with van der Waals surface area (Å²) >= 11 is 0. The zero-order valence-corrected chi connectivity index (χ0v) is 27.8. The number of rotatable bonds is 27. The third-order valence-electron chi connectivity index (χ3n) is 6.27. The third-order valence-corrected chi connectivity index (χ3v) is 6.27. The van der Waals surface area contributed by atoms with Crippen LogP contribution in [0.25, 0.3) is 0 Å². The molecule has 0 saturated carbocycles. The van der Waals surface area contributed by atoms with Crippen molar-refractivity contribution < 1.29 is 53.1 Å². The zero-order valence-electron chi connectivity index (χ0n) is 27.8. The van der Waals surface area contributed by atoms with Crippen molar-refractivity contribution >= 4 is 23.9 Å². The Balaban J connectivity index is 4.87. The Bertz CT molecular complexity index is 965. The normalized spacial score (nSPS) is 12.9. The molecule has 0 amide bonds. The van der Waals surface area contributed by atoms with Crippen LogP contribution >= 0.6 is 0 Å². The number of carbonyl (C=O) groups excluding carboxylic acids is 4. The maximum atomic E-state index is 12.4. The third kappa shape index (κ3) is 25.6. The molecule has 0 aromatic carbocycles. The van der Waals surface area contributed by atoms with Gasteiger partial charge in [-0.15, -0.1) is 0 Å². The average molecular weight is 655 g/mol. The van der Waals surface area contributed by atoms with Crippen LogP contribution in [0.2, 0.25) is 0 Å². The van der Waals surface area contributed by atoms with Crippen LogP contribution in [0.5, 0.6) is 0 Å². The lowest BCUT2D eigenvalue weighted by atomic mass is 10.2. The Morgan fingerprint density at radius 1 is 0.609 bits per heavy atom.